The number of aromatic nitrogens is 3. The molecule has 0 aliphatic rings. The molecular weight excluding hydrogens is 414 g/mol. The number of nitrogens with one attached hydrogen (secondary N) is 4. The monoisotopic (exact) mass is 443 g/mol. The molecule has 2 aromatic carbocycles. The van der Waals surface area contributed by atoms with Gasteiger partial charge < -0.3 is 20.9 Å². The molecule has 0 atom stereocenters. The van der Waals surface area contributed by atoms with Gasteiger partial charge in [-0.25, -0.2) is 4.99 Å². The number of para-hydroxylation sites is 1. The van der Waals surface area contributed by atoms with Crippen molar-refractivity contribution in [3.63, 3.8) is 0 Å². The predicted octanol–water partition coefficient (Wildman–Crippen LogP) is 3.30. The van der Waals surface area contributed by atoms with E-state index in [4.69, 9.17) is 4.99 Å². The van der Waals surface area contributed by atoms with Crippen molar-refractivity contribution in [3.05, 3.63) is 84.3 Å². The quantitative estimate of drug-likeness (QED) is 0.236. The van der Waals surface area contributed by atoms with Crippen LogP contribution in [0.3, 0.4) is 0 Å². The average Bonchev–Trinajstić information content (AvgIpc) is 3.48. The van der Waals surface area contributed by atoms with Gasteiger partial charge in [-0.2, -0.15) is 5.10 Å². The molecule has 0 radical (unpaired) electrons. The molecule has 0 saturated carbocycles. The molecule has 8 nitrogen and oxygen atoms in total. The first-order valence-corrected chi connectivity index (χ1v) is 11.1. The van der Waals surface area contributed by atoms with Gasteiger partial charge >= 0.3 is 0 Å². The Morgan fingerprint density at radius 2 is 2.03 bits per heavy atom. The molecule has 4 aromatic rings. The van der Waals surface area contributed by atoms with E-state index in [1.807, 2.05) is 37.3 Å². The summed E-state index contributed by atoms with van der Waals surface area (Å²) in [5.41, 5.74) is 4.20. The molecule has 8 heteroatoms. The summed E-state index contributed by atoms with van der Waals surface area (Å²) >= 11 is 0. The SMILES string of the molecule is CCNC(=NCc1cccc(NC(=O)Cn2cccn2)c1)NCCc1c[nH]c2ccccc12. The van der Waals surface area contributed by atoms with E-state index < -0.39 is 0 Å². The lowest BCUT2D eigenvalue weighted by Gasteiger charge is -2.11. The minimum absolute atomic E-state index is 0.119. The second-order valence-corrected chi connectivity index (χ2v) is 7.68. The normalized spacial score (nSPS) is 11.5. The standard InChI is InChI=1S/C25H29N7O/c1-2-26-25(27-13-11-20-17-28-23-10-4-3-9-22(20)23)29-16-19-7-5-8-21(15-19)31-24(33)18-32-14-6-12-30-32/h3-10,12,14-15,17,28H,2,11,13,16,18H2,1H3,(H,31,33)(H2,26,27,29). The van der Waals surface area contributed by atoms with Crippen LogP contribution >= 0.6 is 0 Å². The molecule has 0 unspecified atom stereocenters. The van der Waals surface area contributed by atoms with Crippen molar-refractivity contribution >= 4 is 28.5 Å². The van der Waals surface area contributed by atoms with Crippen LogP contribution in [0.25, 0.3) is 10.9 Å². The van der Waals surface area contributed by atoms with Gasteiger partial charge in [-0.1, -0.05) is 30.3 Å². The Morgan fingerprint density at radius 3 is 2.88 bits per heavy atom. The van der Waals surface area contributed by atoms with E-state index in [-0.39, 0.29) is 12.5 Å². The maximum atomic E-state index is 12.2. The van der Waals surface area contributed by atoms with Crippen molar-refractivity contribution < 1.29 is 4.79 Å². The van der Waals surface area contributed by atoms with Crippen LogP contribution < -0.4 is 16.0 Å². The van der Waals surface area contributed by atoms with Gasteiger partial charge in [-0.05, 0) is 48.7 Å². The van der Waals surface area contributed by atoms with E-state index in [0.717, 1.165) is 42.2 Å². The first kappa shape index (κ1) is 22.1. The summed E-state index contributed by atoms with van der Waals surface area (Å²) in [4.78, 5) is 20.2. The number of nitrogens with zero attached hydrogens (tertiary/aromatic N) is 3. The number of carbonyl (C=O) groups excluding carboxylic acids is 1. The number of anilines is 1. The molecule has 2 heterocycles. The maximum Gasteiger partial charge on any atom is 0.246 e. The van der Waals surface area contributed by atoms with Gasteiger partial charge in [0.2, 0.25) is 5.91 Å². The summed E-state index contributed by atoms with van der Waals surface area (Å²) in [6.45, 7) is 4.29. The highest BCUT2D eigenvalue weighted by atomic mass is 16.2. The Kier molecular flexibility index (Phi) is 7.37. The number of aliphatic imine (C=N–C) groups is 1. The number of fused-ring (bicyclic) bond motifs is 1. The van der Waals surface area contributed by atoms with Gasteiger partial charge in [-0.3, -0.25) is 9.48 Å². The number of hydrogen-bond donors (Lipinski definition) is 4. The number of amides is 1. The van der Waals surface area contributed by atoms with Gasteiger partial charge in [0.1, 0.15) is 6.54 Å². The van der Waals surface area contributed by atoms with Crippen molar-refractivity contribution in [3.8, 4) is 0 Å². The Balaban J connectivity index is 1.32. The second-order valence-electron chi connectivity index (χ2n) is 7.68. The lowest BCUT2D eigenvalue weighted by molar-refractivity contribution is -0.116. The van der Waals surface area contributed by atoms with E-state index in [2.05, 4.69) is 50.4 Å². The van der Waals surface area contributed by atoms with E-state index in [1.165, 1.54) is 10.9 Å². The predicted molar refractivity (Wildman–Crippen MR) is 132 cm³/mol. The van der Waals surface area contributed by atoms with Crippen molar-refractivity contribution in [2.45, 2.75) is 26.4 Å². The summed E-state index contributed by atoms with van der Waals surface area (Å²) in [6, 6.07) is 17.9. The number of hydrogen-bond acceptors (Lipinski definition) is 3. The maximum absolute atomic E-state index is 12.2. The minimum Gasteiger partial charge on any atom is -0.361 e. The van der Waals surface area contributed by atoms with Crippen LogP contribution in [0, 0.1) is 0 Å². The van der Waals surface area contributed by atoms with E-state index in [0.29, 0.717) is 6.54 Å². The Bertz CT molecular complexity index is 1210. The van der Waals surface area contributed by atoms with Gasteiger partial charge in [0.05, 0.1) is 6.54 Å². The molecule has 0 fully saturated rings. The summed E-state index contributed by atoms with van der Waals surface area (Å²) in [5.74, 6) is 0.650. The molecule has 4 N–H and O–H groups in total. The number of rotatable bonds is 9. The summed E-state index contributed by atoms with van der Waals surface area (Å²) < 4.78 is 1.59. The molecule has 33 heavy (non-hydrogen) atoms. The van der Waals surface area contributed by atoms with Crippen LogP contribution in [0.4, 0.5) is 5.69 Å². The average molecular weight is 444 g/mol. The van der Waals surface area contributed by atoms with Crippen LogP contribution in [0.15, 0.2) is 78.2 Å². The second kappa shape index (κ2) is 11.0. The molecule has 4 rings (SSSR count). The van der Waals surface area contributed by atoms with E-state index in [9.17, 15) is 4.79 Å². The highest BCUT2D eigenvalue weighted by Crippen LogP contribution is 2.17. The Hall–Kier alpha value is -4.07. The van der Waals surface area contributed by atoms with Crippen LogP contribution in [-0.4, -0.2) is 39.7 Å². The Labute approximate surface area is 193 Å². The van der Waals surface area contributed by atoms with Crippen LogP contribution in [0.2, 0.25) is 0 Å². The third-order valence-electron chi connectivity index (χ3n) is 5.20. The van der Waals surface area contributed by atoms with Gasteiger partial charge in [-0.15, -0.1) is 0 Å². The van der Waals surface area contributed by atoms with Crippen molar-refractivity contribution in [1.29, 1.82) is 0 Å². The summed E-state index contributed by atoms with van der Waals surface area (Å²) in [5, 5.41) is 14.9. The fourth-order valence-corrected chi connectivity index (χ4v) is 3.66. The van der Waals surface area contributed by atoms with Crippen LogP contribution in [0.5, 0.6) is 0 Å². The lowest BCUT2D eigenvalue weighted by atomic mass is 10.1. The molecule has 2 aromatic heterocycles. The molecule has 0 bridgehead atoms. The van der Waals surface area contributed by atoms with Crippen LogP contribution in [-0.2, 0) is 24.3 Å². The van der Waals surface area contributed by atoms with Gasteiger partial charge in [0.15, 0.2) is 5.96 Å². The first-order valence-electron chi connectivity index (χ1n) is 11.1. The highest BCUT2D eigenvalue weighted by Gasteiger charge is 2.06. The summed E-state index contributed by atoms with van der Waals surface area (Å²) in [6.07, 6.45) is 6.38. The van der Waals surface area contributed by atoms with Crippen molar-refractivity contribution in [2.75, 3.05) is 18.4 Å². The lowest BCUT2D eigenvalue weighted by Crippen LogP contribution is -2.38. The molecule has 0 spiro atoms. The zero-order valence-corrected chi connectivity index (χ0v) is 18.7. The van der Waals surface area contributed by atoms with Crippen molar-refractivity contribution in [2.24, 2.45) is 4.99 Å². The van der Waals surface area contributed by atoms with E-state index in [1.54, 1.807) is 23.1 Å². The zero-order chi connectivity index (χ0) is 22.9. The Morgan fingerprint density at radius 1 is 1.12 bits per heavy atom. The number of carbonyl (C=O) groups is 1. The molecule has 0 saturated heterocycles. The number of aromatic amines is 1. The number of H-pyrrole nitrogens is 1. The third-order valence-corrected chi connectivity index (χ3v) is 5.20. The molecule has 1 amide bonds. The van der Waals surface area contributed by atoms with Crippen LogP contribution in [0.1, 0.15) is 18.1 Å². The topological polar surface area (TPSA) is 99.1 Å². The third kappa shape index (κ3) is 6.22. The fourth-order valence-electron chi connectivity index (χ4n) is 3.66. The minimum atomic E-state index is -0.119. The van der Waals surface area contributed by atoms with Crippen molar-refractivity contribution in [1.82, 2.24) is 25.4 Å². The summed E-state index contributed by atoms with van der Waals surface area (Å²) in [7, 11) is 0. The van der Waals surface area contributed by atoms with Gasteiger partial charge in [0, 0.05) is 48.3 Å². The fraction of sp³-hybridized carbons (Fsp3) is 0.240. The first-order chi connectivity index (χ1) is 16.2. The zero-order valence-electron chi connectivity index (χ0n) is 18.7. The molecule has 170 valence electrons. The largest absolute Gasteiger partial charge is 0.361 e. The molecule has 0 aliphatic heterocycles. The highest BCUT2D eigenvalue weighted by molar-refractivity contribution is 5.90. The molecule has 0 aliphatic carbocycles. The molecular formula is C25H29N7O. The smallest absolute Gasteiger partial charge is 0.246 e. The number of benzene rings is 2. The number of guanidine groups is 1. The van der Waals surface area contributed by atoms with E-state index >= 15 is 0 Å². The van der Waals surface area contributed by atoms with Gasteiger partial charge in [0.25, 0.3) is 0 Å².